The van der Waals surface area contributed by atoms with Crippen LogP contribution in [0.2, 0.25) is 0 Å². The van der Waals surface area contributed by atoms with Gasteiger partial charge in [0.2, 0.25) is 0 Å². The third-order valence-electron chi connectivity index (χ3n) is 2.47. The molecule has 17 heavy (non-hydrogen) atoms. The van der Waals surface area contributed by atoms with Crippen molar-refractivity contribution < 1.29 is 9.47 Å². The van der Waals surface area contributed by atoms with Crippen molar-refractivity contribution in [2.45, 2.75) is 6.92 Å². The number of aromatic nitrogens is 3. The van der Waals surface area contributed by atoms with Crippen molar-refractivity contribution >= 4 is 0 Å². The molecule has 0 atom stereocenters. The van der Waals surface area contributed by atoms with Gasteiger partial charge < -0.3 is 9.47 Å². The number of rotatable bonds is 3. The summed E-state index contributed by atoms with van der Waals surface area (Å²) in [4.78, 5) is 4.22. The lowest BCUT2D eigenvalue weighted by atomic mass is 10.1. The summed E-state index contributed by atoms with van der Waals surface area (Å²) in [5.74, 6) is 2.03. The van der Waals surface area contributed by atoms with E-state index in [0.717, 1.165) is 11.1 Å². The van der Waals surface area contributed by atoms with Gasteiger partial charge in [-0.2, -0.15) is 5.10 Å². The summed E-state index contributed by atoms with van der Waals surface area (Å²) in [6.45, 7) is 1.99. The Labute approximate surface area is 100 Å². The van der Waals surface area contributed by atoms with Crippen LogP contribution >= 0.6 is 0 Å². The molecule has 0 saturated carbocycles. The third-order valence-corrected chi connectivity index (χ3v) is 2.47. The Kier molecular flexibility index (Phi) is 2.99. The number of methoxy groups -OCH3 is 2. The smallest absolute Gasteiger partial charge is 0.188 e. The third kappa shape index (κ3) is 2.08. The van der Waals surface area contributed by atoms with Crippen molar-refractivity contribution in [3.8, 4) is 22.9 Å². The van der Waals surface area contributed by atoms with E-state index in [4.69, 9.17) is 9.47 Å². The maximum absolute atomic E-state index is 5.36. The van der Waals surface area contributed by atoms with Crippen molar-refractivity contribution in [1.82, 2.24) is 14.8 Å². The lowest BCUT2D eigenvalue weighted by molar-refractivity contribution is 0.396. The average Bonchev–Trinajstić information content (AvgIpc) is 2.74. The molecule has 1 heterocycles. The molecule has 2 rings (SSSR count). The molecule has 0 bridgehead atoms. The predicted octanol–water partition coefficient (Wildman–Crippen LogP) is 1.81. The molecular weight excluding hydrogens is 218 g/mol. The van der Waals surface area contributed by atoms with Crippen molar-refractivity contribution in [1.29, 1.82) is 0 Å². The minimum absolute atomic E-state index is 0.598. The van der Waals surface area contributed by atoms with Crippen LogP contribution in [0.25, 0.3) is 11.4 Å². The van der Waals surface area contributed by atoms with E-state index in [2.05, 4.69) is 10.1 Å². The van der Waals surface area contributed by atoms with E-state index in [9.17, 15) is 0 Å². The highest BCUT2D eigenvalue weighted by Crippen LogP contribution is 2.37. The molecule has 2 aromatic rings. The van der Waals surface area contributed by atoms with E-state index in [0.29, 0.717) is 17.3 Å². The van der Waals surface area contributed by atoms with Gasteiger partial charge in [-0.3, -0.25) is 4.68 Å². The van der Waals surface area contributed by atoms with Gasteiger partial charge in [-0.05, 0) is 24.6 Å². The van der Waals surface area contributed by atoms with Gasteiger partial charge in [-0.15, -0.1) is 0 Å². The standard InChI is InChI=1S/C12H15N3O2/c1-8-5-9(16-3)11(10(6-8)17-4)12-13-7-15(2)14-12/h5-7H,1-4H3. The maximum Gasteiger partial charge on any atom is 0.188 e. The number of ether oxygens (including phenoxy) is 2. The number of aryl methyl sites for hydroxylation is 2. The quantitative estimate of drug-likeness (QED) is 0.811. The van der Waals surface area contributed by atoms with Gasteiger partial charge in [0.05, 0.1) is 14.2 Å². The van der Waals surface area contributed by atoms with Crippen LogP contribution in [0.1, 0.15) is 5.56 Å². The van der Waals surface area contributed by atoms with E-state index in [1.54, 1.807) is 25.2 Å². The highest BCUT2D eigenvalue weighted by Gasteiger charge is 2.16. The molecule has 1 aromatic carbocycles. The van der Waals surface area contributed by atoms with Gasteiger partial charge in [0, 0.05) is 7.05 Å². The zero-order valence-corrected chi connectivity index (χ0v) is 10.4. The van der Waals surface area contributed by atoms with Crippen LogP contribution in [-0.2, 0) is 7.05 Å². The second-order valence-electron chi connectivity index (χ2n) is 3.79. The molecule has 0 fully saturated rings. The monoisotopic (exact) mass is 233 g/mol. The molecule has 0 N–H and O–H groups in total. The Balaban J connectivity index is 2.65. The fourth-order valence-electron chi connectivity index (χ4n) is 1.72. The minimum atomic E-state index is 0.598. The van der Waals surface area contributed by atoms with Crippen molar-refractivity contribution in [3.63, 3.8) is 0 Å². The average molecular weight is 233 g/mol. The van der Waals surface area contributed by atoms with Crippen LogP contribution in [0, 0.1) is 6.92 Å². The first-order chi connectivity index (χ1) is 8.15. The number of hydrogen-bond acceptors (Lipinski definition) is 4. The number of benzene rings is 1. The Hall–Kier alpha value is -2.04. The van der Waals surface area contributed by atoms with Gasteiger partial charge in [0.1, 0.15) is 23.4 Å². The van der Waals surface area contributed by atoms with Gasteiger partial charge in [-0.25, -0.2) is 4.98 Å². The lowest BCUT2D eigenvalue weighted by Gasteiger charge is -2.11. The molecule has 0 amide bonds. The van der Waals surface area contributed by atoms with Crippen LogP contribution < -0.4 is 9.47 Å². The Morgan fingerprint density at radius 3 is 2.12 bits per heavy atom. The molecule has 0 aliphatic rings. The molecule has 90 valence electrons. The van der Waals surface area contributed by atoms with E-state index in [1.165, 1.54) is 0 Å². The van der Waals surface area contributed by atoms with Gasteiger partial charge in [0.25, 0.3) is 0 Å². The fourth-order valence-corrected chi connectivity index (χ4v) is 1.72. The summed E-state index contributed by atoms with van der Waals surface area (Å²) in [7, 11) is 5.07. The molecule has 5 heteroatoms. The van der Waals surface area contributed by atoms with Crippen LogP contribution in [0.4, 0.5) is 0 Å². The second kappa shape index (κ2) is 4.45. The Morgan fingerprint density at radius 2 is 1.71 bits per heavy atom. The first kappa shape index (κ1) is 11.4. The van der Waals surface area contributed by atoms with Gasteiger partial charge in [-0.1, -0.05) is 0 Å². The molecule has 0 aliphatic carbocycles. The van der Waals surface area contributed by atoms with Gasteiger partial charge >= 0.3 is 0 Å². The summed E-state index contributed by atoms with van der Waals surface area (Å²) in [5, 5.41) is 4.27. The largest absolute Gasteiger partial charge is 0.496 e. The molecule has 0 aliphatic heterocycles. The van der Waals surface area contributed by atoms with E-state index < -0.39 is 0 Å². The summed E-state index contributed by atoms with van der Waals surface area (Å²) in [5.41, 5.74) is 1.85. The normalized spacial score (nSPS) is 10.4. The van der Waals surface area contributed by atoms with Crippen LogP contribution in [-0.4, -0.2) is 29.0 Å². The van der Waals surface area contributed by atoms with E-state index >= 15 is 0 Å². The summed E-state index contributed by atoms with van der Waals surface area (Å²) >= 11 is 0. The zero-order valence-electron chi connectivity index (χ0n) is 10.4. The lowest BCUT2D eigenvalue weighted by Crippen LogP contribution is -1.96. The first-order valence-electron chi connectivity index (χ1n) is 5.24. The van der Waals surface area contributed by atoms with Crippen molar-refractivity contribution in [2.75, 3.05) is 14.2 Å². The molecule has 1 aromatic heterocycles. The topological polar surface area (TPSA) is 49.2 Å². The second-order valence-corrected chi connectivity index (χ2v) is 3.79. The first-order valence-corrected chi connectivity index (χ1v) is 5.24. The predicted molar refractivity (Wildman–Crippen MR) is 64.3 cm³/mol. The highest BCUT2D eigenvalue weighted by atomic mass is 16.5. The van der Waals surface area contributed by atoms with Crippen molar-refractivity contribution in [2.24, 2.45) is 7.05 Å². The zero-order chi connectivity index (χ0) is 12.4. The van der Waals surface area contributed by atoms with Crippen molar-refractivity contribution in [3.05, 3.63) is 24.0 Å². The van der Waals surface area contributed by atoms with E-state index in [1.807, 2.05) is 26.1 Å². The van der Waals surface area contributed by atoms with Crippen LogP contribution in [0.5, 0.6) is 11.5 Å². The molecule has 0 unspecified atom stereocenters. The summed E-state index contributed by atoms with van der Waals surface area (Å²) < 4.78 is 12.4. The molecule has 0 radical (unpaired) electrons. The molecule has 5 nitrogen and oxygen atoms in total. The number of nitrogens with zero attached hydrogens (tertiary/aromatic N) is 3. The summed E-state index contributed by atoms with van der Waals surface area (Å²) in [6.07, 6.45) is 1.65. The SMILES string of the molecule is COc1cc(C)cc(OC)c1-c1ncn(C)n1. The highest BCUT2D eigenvalue weighted by molar-refractivity contribution is 5.72. The fraction of sp³-hybridized carbons (Fsp3) is 0.333. The van der Waals surface area contributed by atoms with Gasteiger partial charge in [0.15, 0.2) is 5.82 Å². The Bertz CT molecular complexity index is 509. The molecule has 0 spiro atoms. The number of hydrogen-bond donors (Lipinski definition) is 0. The minimum Gasteiger partial charge on any atom is -0.496 e. The summed E-state index contributed by atoms with van der Waals surface area (Å²) in [6, 6.07) is 3.88. The maximum atomic E-state index is 5.36. The van der Waals surface area contributed by atoms with Crippen LogP contribution in [0.15, 0.2) is 18.5 Å². The van der Waals surface area contributed by atoms with E-state index in [-0.39, 0.29) is 0 Å². The molecular formula is C12H15N3O2. The Morgan fingerprint density at radius 1 is 1.12 bits per heavy atom. The van der Waals surface area contributed by atoms with Crippen LogP contribution in [0.3, 0.4) is 0 Å². The molecule has 0 saturated heterocycles.